The first-order chi connectivity index (χ1) is 23.4. The van der Waals surface area contributed by atoms with Gasteiger partial charge in [-0.25, -0.2) is 4.79 Å². The predicted octanol–water partition coefficient (Wildman–Crippen LogP) is 3.91. The summed E-state index contributed by atoms with van der Waals surface area (Å²) in [6.45, 7) is 10.6. The van der Waals surface area contributed by atoms with E-state index in [1.165, 1.54) is 38.5 Å². The Balaban J connectivity index is 0. The van der Waals surface area contributed by atoms with Gasteiger partial charge >= 0.3 is 5.97 Å². The molecule has 5 N–H and O–H groups in total. The zero-order chi connectivity index (χ0) is 35.9. The highest BCUT2D eigenvalue weighted by Gasteiger charge is 2.20. The van der Waals surface area contributed by atoms with E-state index in [4.69, 9.17) is 24.1 Å². The summed E-state index contributed by atoms with van der Waals surface area (Å²) in [5.74, 6) is -1.73. The van der Waals surface area contributed by atoms with E-state index in [1.54, 1.807) is 0 Å². The highest BCUT2D eigenvalue weighted by Crippen LogP contribution is 2.13. The van der Waals surface area contributed by atoms with Crippen LogP contribution in [0.5, 0.6) is 0 Å². The molecule has 0 rings (SSSR count). The molecule has 0 aromatic carbocycles. The molecule has 0 bridgehead atoms. The summed E-state index contributed by atoms with van der Waals surface area (Å²) in [6, 6.07) is -1.09. The van der Waals surface area contributed by atoms with Crippen LogP contribution in [0.15, 0.2) is 12.3 Å². The molecule has 0 aromatic rings. The van der Waals surface area contributed by atoms with E-state index in [2.05, 4.69) is 22.5 Å². The third-order valence-corrected chi connectivity index (χ3v) is 7.18. The minimum absolute atomic E-state index is 0.00675. The highest BCUT2D eigenvalue weighted by molar-refractivity contribution is 5.84. The third-order valence-electron chi connectivity index (χ3n) is 7.18. The van der Waals surface area contributed by atoms with Gasteiger partial charge in [0.1, 0.15) is 12.3 Å². The fourth-order valence-corrected chi connectivity index (χ4v) is 4.56. The fraction of sp³-hybridized carbons (Fsp3) is 0.829. The molecule has 0 aromatic heterocycles. The Bertz CT molecular complexity index is 786. The van der Waals surface area contributed by atoms with Crippen molar-refractivity contribution in [3.63, 3.8) is 0 Å². The standard InChI is InChI=1S/C34H63N3O9.CH4O/c1-3-43-25-26-44-23-20-35-30(2)29-46-28-27-45-24-21-36-32(39)19-18-31(34(41)42)37-33(40)17-15-13-11-9-7-5-4-6-8-10-12-14-16-22-38;1-2/h22,31,35H,2-21,23-29H2,1H3,(H,36,39)(H,37,40)(H,41,42);2H,1H3. The fourth-order valence-electron chi connectivity index (χ4n) is 4.56. The Morgan fingerprint density at radius 2 is 1.17 bits per heavy atom. The predicted molar refractivity (Wildman–Crippen MR) is 187 cm³/mol. The summed E-state index contributed by atoms with van der Waals surface area (Å²) < 4.78 is 21.5. The molecule has 0 saturated carbocycles. The molecule has 48 heavy (non-hydrogen) atoms. The normalized spacial score (nSPS) is 11.2. The summed E-state index contributed by atoms with van der Waals surface area (Å²) in [4.78, 5) is 46.2. The monoisotopic (exact) mass is 689 g/mol. The maximum absolute atomic E-state index is 12.2. The molecule has 0 aliphatic heterocycles. The Hall–Kier alpha value is -2.58. The van der Waals surface area contributed by atoms with Gasteiger partial charge in [0.2, 0.25) is 11.8 Å². The number of aliphatic hydroxyl groups excluding tert-OH is 1. The van der Waals surface area contributed by atoms with Gasteiger partial charge in [0.05, 0.1) is 46.2 Å². The molecule has 1 unspecified atom stereocenters. The second-order valence-corrected chi connectivity index (χ2v) is 11.3. The van der Waals surface area contributed by atoms with Crippen LogP contribution in [0.4, 0.5) is 0 Å². The van der Waals surface area contributed by atoms with Crippen LogP contribution in [-0.4, -0.2) is 113 Å². The molecule has 1 atom stereocenters. The van der Waals surface area contributed by atoms with Crippen molar-refractivity contribution in [3.05, 3.63) is 12.3 Å². The smallest absolute Gasteiger partial charge is 0.326 e. The van der Waals surface area contributed by atoms with Crippen LogP contribution < -0.4 is 16.0 Å². The number of aliphatic carboxylic acids is 1. The topological polar surface area (TPSA) is 182 Å². The van der Waals surface area contributed by atoms with Crippen LogP contribution in [0.3, 0.4) is 0 Å². The van der Waals surface area contributed by atoms with Crippen LogP contribution in [0.2, 0.25) is 0 Å². The van der Waals surface area contributed by atoms with E-state index in [-0.39, 0.29) is 31.1 Å². The molecule has 0 spiro atoms. The molecule has 0 saturated heterocycles. The van der Waals surface area contributed by atoms with Crippen LogP contribution in [0, 0.1) is 0 Å². The summed E-state index contributed by atoms with van der Waals surface area (Å²) >= 11 is 0. The molecule has 0 fully saturated rings. The molecule has 0 heterocycles. The molecule has 0 radical (unpaired) electrons. The lowest BCUT2D eigenvalue weighted by Crippen LogP contribution is -2.41. The third kappa shape index (κ3) is 36.3. The van der Waals surface area contributed by atoms with Gasteiger partial charge in [0, 0.05) is 51.8 Å². The minimum Gasteiger partial charge on any atom is -0.480 e. The van der Waals surface area contributed by atoms with Crippen LogP contribution in [-0.2, 0) is 38.1 Å². The average molecular weight is 690 g/mol. The largest absolute Gasteiger partial charge is 0.480 e. The molecular weight excluding hydrogens is 622 g/mol. The van der Waals surface area contributed by atoms with Gasteiger partial charge in [-0.15, -0.1) is 0 Å². The molecule has 0 aliphatic carbocycles. The van der Waals surface area contributed by atoms with Gasteiger partial charge in [-0.1, -0.05) is 70.8 Å². The molecule has 13 nitrogen and oxygen atoms in total. The SMILES string of the molecule is C=C(COCCOCCNC(=O)CCC(NC(=O)CCCCCCCCCCCCCCC=O)C(=O)O)NCCOCCOCC.CO. The van der Waals surface area contributed by atoms with E-state index >= 15 is 0 Å². The number of carboxylic acid groups (broad SMARTS) is 1. The Kier molecular flexibility index (Phi) is 38.5. The first kappa shape index (κ1) is 47.5. The zero-order valence-electron chi connectivity index (χ0n) is 29.9. The van der Waals surface area contributed by atoms with Crippen LogP contribution in [0.1, 0.15) is 110 Å². The Morgan fingerprint density at radius 1 is 0.667 bits per heavy atom. The maximum Gasteiger partial charge on any atom is 0.326 e. The van der Waals surface area contributed by atoms with Crippen molar-refractivity contribution in [1.82, 2.24) is 16.0 Å². The van der Waals surface area contributed by atoms with Crippen molar-refractivity contribution in [3.8, 4) is 0 Å². The molecule has 13 heteroatoms. The van der Waals surface area contributed by atoms with Crippen molar-refractivity contribution in [2.24, 2.45) is 0 Å². The summed E-state index contributed by atoms with van der Waals surface area (Å²) in [6.07, 6.45) is 15.4. The summed E-state index contributed by atoms with van der Waals surface area (Å²) in [5, 5.41) is 24.8. The van der Waals surface area contributed by atoms with Gasteiger partial charge in [-0.3, -0.25) is 9.59 Å². The lowest BCUT2D eigenvalue weighted by molar-refractivity contribution is -0.142. The number of aldehydes is 1. The van der Waals surface area contributed by atoms with Crippen molar-refractivity contribution in [2.45, 2.75) is 116 Å². The van der Waals surface area contributed by atoms with Gasteiger partial charge in [-0.2, -0.15) is 0 Å². The number of aliphatic hydroxyl groups is 1. The van der Waals surface area contributed by atoms with E-state index < -0.39 is 12.0 Å². The lowest BCUT2D eigenvalue weighted by atomic mass is 10.0. The zero-order valence-corrected chi connectivity index (χ0v) is 29.9. The molecule has 0 aliphatic rings. The van der Waals surface area contributed by atoms with E-state index in [9.17, 15) is 24.3 Å². The quantitative estimate of drug-likeness (QED) is 0.0475. The van der Waals surface area contributed by atoms with E-state index in [0.29, 0.717) is 72.4 Å². The number of nitrogens with one attached hydrogen (secondary N) is 3. The van der Waals surface area contributed by atoms with Crippen molar-refractivity contribution in [1.29, 1.82) is 0 Å². The number of ether oxygens (including phenoxy) is 4. The van der Waals surface area contributed by atoms with Gasteiger partial charge in [-0.05, 0) is 26.2 Å². The number of rotatable bonds is 36. The lowest BCUT2D eigenvalue weighted by Gasteiger charge is -2.14. The van der Waals surface area contributed by atoms with Crippen molar-refractivity contribution in [2.75, 3.05) is 73.1 Å². The first-order valence-electron chi connectivity index (χ1n) is 17.8. The summed E-state index contributed by atoms with van der Waals surface area (Å²) in [5.41, 5.74) is 0.750. The van der Waals surface area contributed by atoms with Gasteiger partial charge in [0.15, 0.2) is 0 Å². The second-order valence-electron chi connectivity index (χ2n) is 11.3. The highest BCUT2D eigenvalue weighted by atomic mass is 16.5. The van der Waals surface area contributed by atoms with Crippen LogP contribution in [0.25, 0.3) is 0 Å². The number of hydrogen-bond acceptors (Lipinski definition) is 10. The van der Waals surface area contributed by atoms with Crippen molar-refractivity contribution < 1.29 is 48.3 Å². The maximum atomic E-state index is 12.2. The number of carboxylic acids is 1. The molecular formula is C35H67N3O10. The second kappa shape index (κ2) is 38.9. The van der Waals surface area contributed by atoms with Gasteiger partial charge in [0.25, 0.3) is 0 Å². The number of carbonyl (C=O) groups excluding carboxylic acids is 3. The molecule has 282 valence electrons. The molecule has 2 amide bonds. The average Bonchev–Trinajstić information content (AvgIpc) is 3.08. The number of hydrogen-bond donors (Lipinski definition) is 5. The summed E-state index contributed by atoms with van der Waals surface area (Å²) in [7, 11) is 1.00. The van der Waals surface area contributed by atoms with E-state index in [0.717, 1.165) is 57.6 Å². The Morgan fingerprint density at radius 3 is 1.71 bits per heavy atom. The van der Waals surface area contributed by atoms with Crippen LogP contribution >= 0.6 is 0 Å². The Labute approximate surface area is 289 Å². The minimum atomic E-state index is -1.14. The number of carbonyl (C=O) groups is 4. The first-order valence-corrected chi connectivity index (χ1v) is 17.8. The number of unbranched alkanes of at least 4 members (excludes halogenated alkanes) is 12. The van der Waals surface area contributed by atoms with Crippen molar-refractivity contribution >= 4 is 24.1 Å². The van der Waals surface area contributed by atoms with E-state index in [1.807, 2.05) is 6.92 Å². The van der Waals surface area contributed by atoms with Gasteiger partial charge < -0.3 is 49.9 Å². The number of amides is 2.